The molecule has 1 heterocycles. The molecule has 1 aliphatic heterocycles. The average molecular weight is 571 g/mol. The highest BCUT2D eigenvalue weighted by atomic mass is 16.5. The van der Waals surface area contributed by atoms with Gasteiger partial charge < -0.3 is 4.74 Å². The normalized spacial score (nSPS) is 12.2. The Hall–Kier alpha value is -5.92. The van der Waals surface area contributed by atoms with Crippen molar-refractivity contribution in [3.63, 3.8) is 0 Å². The molecular formula is C44H26O. The standard InChI is InChI=1S/C44H26O/c1-2-14-30-27(11-1)23-24-34-31-15-3-4-16-32(31)39(26-40(30)34)28-12-9-13-29(25-28)42-36-19-6-5-17-33(36)37-20-10-21-38-35-18-7-8-22-41(35)45-44(42)43(37)38/h1-26H. The second-order valence-electron chi connectivity index (χ2n) is 12.0. The van der Waals surface area contributed by atoms with Gasteiger partial charge in [0.1, 0.15) is 11.5 Å². The number of hydrogen-bond acceptors (Lipinski definition) is 1. The molecule has 9 aromatic rings. The van der Waals surface area contributed by atoms with Gasteiger partial charge in [0, 0.05) is 16.5 Å². The molecule has 1 aliphatic rings. The molecule has 0 fully saturated rings. The van der Waals surface area contributed by atoms with Gasteiger partial charge in [0.15, 0.2) is 0 Å². The first-order valence-electron chi connectivity index (χ1n) is 15.5. The molecule has 0 saturated carbocycles. The van der Waals surface area contributed by atoms with E-state index in [1.165, 1.54) is 70.6 Å². The Morgan fingerprint density at radius 1 is 0.333 bits per heavy atom. The van der Waals surface area contributed by atoms with Crippen LogP contribution in [0.4, 0.5) is 0 Å². The Morgan fingerprint density at radius 3 is 1.84 bits per heavy atom. The smallest absolute Gasteiger partial charge is 0.144 e. The van der Waals surface area contributed by atoms with Crippen LogP contribution < -0.4 is 4.74 Å². The minimum atomic E-state index is 0.901. The maximum atomic E-state index is 6.86. The first kappa shape index (κ1) is 24.5. The minimum absolute atomic E-state index is 0.901. The van der Waals surface area contributed by atoms with E-state index in [1.54, 1.807) is 0 Å². The average Bonchev–Trinajstić information content (AvgIpc) is 3.11. The summed E-state index contributed by atoms with van der Waals surface area (Å²) in [5.74, 6) is 1.84. The van der Waals surface area contributed by atoms with E-state index in [1.807, 2.05) is 0 Å². The van der Waals surface area contributed by atoms with Crippen LogP contribution >= 0.6 is 0 Å². The quantitative estimate of drug-likeness (QED) is 0.188. The summed E-state index contributed by atoms with van der Waals surface area (Å²) in [6.45, 7) is 0. The molecule has 0 aromatic heterocycles. The predicted molar refractivity (Wildman–Crippen MR) is 190 cm³/mol. The Bertz CT molecular complexity index is 2680. The molecule has 10 rings (SSSR count). The second-order valence-corrected chi connectivity index (χ2v) is 12.0. The predicted octanol–water partition coefficient (Wildman–Crippen LogP) is 12.6. The van der Waals surface area contributed by atoms with Gasteiger partial charge in [-0.1, -0.05) is 140 Å². The molecule has 0 saturated heterocycles. The lowest BCUT2D eigenvalue weighted by Gasteiger charge is -2.25. The third-order valence-corrected chi connectivity index (χ3v) is 9.62. The van der Waals surface area contributed by atoms with Crippen molar-refractivity contribution in [1.82, 2.24) is 0 Å². The number of para-hydroxylation sites is 1. The fourth-order valence-corrected chi connectivity index (χ4v) is 7.65. The third-order valence-electron chi connectivity index (χ3n) is 9.62. The lowest BCUT2D eigenvalue weighted by Crippen LogP contribution is -2.00. The molecule has 0 N–H and O–H groups in total. The van der Waals surface area contributed by atoms with Crippen molar-refractivity contribution < 1.29 is 4.74 Å². The van der Waals surface area contributed by atoms with E-state index >= 15 is 0 Å². The lowest BCUT2D eigenvalue weighted by atomic mass is 9.86. The van der Waals surface area contributed by atoms with Gasteiger partial charge in [0.2, 0.25) is 0 Å². The summed E-state index contributed by atoms with van der Waals surface area (Å²) in [6.07, 6.45) is 0. The molecule has 9 aromatic carbocycles. The van der Waals surface area contributed by atoms with Gasteiger partial charge in [-0.25, -0.2) is 0 Å². The van der Waals surface area contributed by atoms with Crippen molar-refractivity contribution in [2.75, 3.05) is 0 Å². The summed E-state index contributed by atoms with van der Waals surface area (Å²) in [5.41, 5.74) is 7.08. The lowest BCUT2D eigenvalue weighted by molar-refractivity contribution is 0.489. The van der Waals surface area contributed by atoms with Crippen LogP contribution in [0.5, 0.6) is 11.5 Å². The van der Waals surface area contributed by atoms with E-state index < -0.39 is 0 Å². The van der Waals surface area contributed by atoms with E-state index in [-0.39, 0.29) is 0 Å². The van der Waals surface area contributed by atoms with Crippen LogP contribution in [0.2, 0.25) is 0 Å². The monoisotopic (exact) mass is 570 g/mol. The number of fused-ring (bicyclic) bond motifs is 9. The molecular weight excluding hydrogens is 544 g/mol. The molecule has 45 heavy (non-hydrogen) atoms. The third kappa shape index (κ3) is 3.50. The van der Waals surface area contributed by atoms with Crippen molar-refractivity contribution in [1.29, 1.82) is 0 Å². The largest absolute Gasteiger partial charge is 0.455 e. The Labute approximate surface area is 260 Å². The topological polar surface area (TPSA) is 9.23 Å². The van der Waals surface area contributed by atoms with Gasteiger partial charge in [-0.15, -0.1) is 0 Å². The van der Waals surface area contributed by atoms with E-state index in [9.17, 15) is 0 Å². The van der Waals surface area contributed by atoms with Crippen molar-refractivity contribution in [3.8, 4) is 44.9 Å². The van der Waals surface area contributed by atoms with Gasteiger partial charge in [-0.3, -0.25) is 0 Å². The van der Waals surface area contributed by atoms with Crippen molar-refractivity contribution in [2.45, 2.75) is 0 Å². The second kappa shape index (κ2) is 9.29. The first-order chi connectivity index (χ1) is 22.3. The van der Waals surface area contributed by atoms with Crippen LogP contribution in [0.25, 0.3) is 87.2 Å². The number of rotatable bonds is 2. The first-order valence-corrected chi connectivity index (χ1v) is 15.5. The number of benzene rings is 9. The highest BCUT2D eigenvalue weighted by Crippen LogP contribution is 2.53. The summed E-state index contributed by atoms with van der Waals surface area (Å²) in [6, 6.07) is 57.2. The SMILES string of the molecule is c1cc(-c2c3c4c(cccc4c4ccccc24)-c2ccccc2O3)cc(-c2cc3c4ccccc4ccc3c3ccccc23)c1. The van der Waals surface area contributed by atoms with E-state index in [0.29, 0.717) is 0 Å². The van der Waals surface area contributed by atoms with E-state index in [0.717, 1.165) is 28.2 Å². The van der Waals surface area contributed by atoms with E-state index in [2.05, 4.69) is 158 Å². The summed E-state index contributed by atoms with van der Waals surface area (Å²) in [4.78, 5) is 0. The molecule has 1 nitrogen and oxygen atoms in total. The molecule has 0 amide bonds. The van der Waals surface area contributed by atoms with Crippen LogP contribution in [0.1, 0.15) is 0 Å². The van der Waals surface area contributed by atoms with Crippen molar-refractivity contribution in [3.05, 3.63) is 158 Å². The minimum Gasteiger partial charge on any atom is -0.455 e. The molecule has 208 valence electrons. The van der Waals surface area contributed by atoms with Gasteiger partial charge in [0.25, 0.3) is 0 Å². The van der Waals surface area contributed by atoms with Gasteiger partial charge in [0.05, 0.1) is 0 Å². The summed E-state index contributed by atoms with van der Waals surface area (Å²) >= 11 is 0. The summed E-state index contributed by atoms with van der Waals surface area (Å²) < 4.78 is 6.86. The number of ether oxygens (including phenoxy) is 1. The van der Waals surface area contributed by atoms with Crippen LogP contribution in [0, 0.1) is 0 Å². The molecule has 0 spiro atoms. The molecule has 0 aliphatic carbocycles. The van der Waals surface area contributed by atoms with Crippen molar-refractivity contribution in [2.24, 2.45) is 0 Å². The maximum Gasteiger partial charge on any atom is 0.144 e. The van der Waals surface area contributed by atoms with Crippen LogP contribution in [-0.4, -0.2) is 0 Å². The van der Waals surface area contributed by atoms with Crippen LogP contribution in [-0.2, 0) is 0 Å². The molecule has 0 radical (unpaired) electrons. The Kier molecular flexibility index (Phi) is 5.06. The van der Waals surface area contributed by atoms with Crippen molar-refractivity contribution >= 4 is 53.9 Å². The highest BCUT2D eigenvalue weighted by Gasteiger charge is 2.26. The van der Waals surface area contributed by atoms with Gasteiger partial charge >= 0.3 is 0 Å². The Morgan fingerprint density at radius 2 is 0.956 bits per heavy atom. The zero-order valence-corrected chi connectivity index (χ0v) is 24.4. The summed E-state index contributed by atoms with van der Waals surface area (Å²) in [7, 11) is 0. The van der Waals surface area contributed by atoms with Gasteiger partial charge in [-0.05, 0) is 88.9 Å². The fourth-order valence-electron chi connectivity index (χ4n) is 7.65. The zero-order chi connectivity index (χ0) is 29.5. The molecule has 0 atom stereocenters. The number of hydrogen-bond donors (Lipinski definition) is 0. The summed E-state index contributed by atoms with van der Waals surface area (Å²) in [5, 5.41) is 12.5. The zero-order valence-electron chi connectivity index (χ0n) is 24.4. The molecule has 0 bridgehead atoms. The van der Waals surface area contributed by atoms with Crippen LogP contribution in [0.3, 0.4) is 0 Å². The molecule has 0 unspecified atom stereocenters. The van der Waals surface area contributed by atoms with Crippen LogP contribution in [0.15, 0.2) is 158 Å². The van der Waals surface area contributed by atoms with E-state index in [4.69, 9.17) is 4.74 Å². The highest BCUT2D eigenvalue weighted by molar-refractivity contribution is 6.23. The Balaban J connectivity index is 1.29. The molecule has 1 heteroatoms. The van der Waals surface area contributed by atoms with Gasteiger partial charge in [-0.2, -0.15) is 0 Å². The maximum absolute atomic E-state index is 6.86. The fraction of sp³-hybridized carbons (Fsp3) is 0.